The summed E-state index contributed by atoms with van der Waals surface area (Å²) in [6, 6.07) is 2.02. The van der Waals surface area contributed by atoms with Crippen molar-refractivity contribution in [1.82, 2.24) is 14.8 Å². The highest BCUT2D eigenvalue weighted by Gasteiger charge is 2.33. The quantitative estimate of drug-likeness (QED) is 0.909. The molecule has 0 aromatic carbocycles. The molecule has 1 aromatic heterocycles. The average molecular weight is 317 g/mol. The van der Waals surface area contributed by atoms with Crippen LogP contribution in [-0.2, 0) is 6.18 Å². The van der Waals surface area contributed by atoms with Gasteiger partial charge in [0.05, 0.1) is 17.9 Å². The Morgan fingerprint density at radius 1 is 1.27 bits per heavy atom. The summed E-state index contributed by atoms with van der Waals surface area (Å²) in [5.74, 6) is -0.303. The zero-order valence-electron chi connectivity index (χ0n) is 12.2. The third-order valence-corrected chi connectivity index (χ3v) is 3.68. The van der Waals surface area contributed by atoms with Crippen molar-refractivity contribution in [2.75, 3.05) is 39.3 Å². The molecule has 122 valence electrons. The van der Waals surface area contributed by atoms with Crippen LogP contribution in [0.5, 0.6) is 0 Å². The fraction of sp³-hybridized carbons (Fsp3) is 0.571. The van der Waals surface area contributed by atoms with Crippen LogP contribution in [0.25, 0.3) is 0 Å². The maximum absolute atomic E-state index is 12.6. The van der Waals surface area contributed by atoms with Crippen molar-refractivity contribution in [3.8, 4) is 0 Å². The Kier molecular flexibility index (Phi) is 5.02. The van der Waals surface area contributed by atoms with E-state index in [2.05, 4.69) is 4.98 Å². The summed E-state index contributed by atoms with van der Waals surface area (Å²) in [6.07, 6.45) is -4.51. The number of carbonyl (C=O) groups excluding carboxylic acids is 1. The molecule has 0 spiro atoms. The summed E-state index contributed by atoms with van der Waals surface area (Å²) >= 11 is 0. The molecule has 2 rings (SSSR count). The minimum absolute atomic E-state index is 0.0654. The van der Waals surface area contributed by atoms with E-state index in [4.69, 9.17) is 5.11 Å². The van der Waals surface area contributed by atoms with Crippen molar-refractivity contribution in [3.05, 3.63) is 29.1 Å². The van der Waals surface area contributed by atoms with Crippen LogP contribution in [0.1, 0.15) is 21.7 Å². The molecule has 1 aromatic rings. The van der Waals surface area contributed by atoms with Crippen LogP contribution >= 0.6 is 0 Å². The fourth-order valence-electron chi connectivity index (χ4n) is 2.43. The highest BCUT2D eigenvalue weighted by Crippen LogP contribution is 2.28. The first kappa shape index (κ1) is 16.7. The molecule has 0 saturated carbocycles. The van der Waals surface area contributed by atoms with Gasteiger partial charge in [-0.2, -0.15) is 13.2 Å². The van der Waals surface area contributed by atoms with Gasteiger partial charge in [0.2, 0.25) is 0 Å². The van der Waals surface area contributed by atoms with E-state index in [1.54, 1.807) is 4.90 Å². The maximum Gasteiger partial charge on any atom is 0.433 e. The summed E-state index contributed by atoms with van der Waals surface area (Å²) in [7, 11) is 0. The van der Waals surface area contributed by atoms with Crippen LogP contribution in [-0.4, -0.2) is 65.1 Å². The van der Waals surface area contributed by atoms with Crippen molar-refractivity contribution in [3.63, 3.8) is 0 Å². The second-order valence-electron chi connectivity index (χ2n) is 5.18. The number of amides is 1. The number of alkyl halides is 3. The maximum atomic E-state index is 12.6. The van der Waals surface area contributed by atoms with Crippen LogP contribution in [0.2, 0.25) is 0 Å². The van der Waals surface area contributed by atoms with E-state index in [0.29, 0.717) is 32.7 Å². The molecule has 1 N–H and O–H groups in total. The van der Waals surface area contributed by atoms with Crippen LogP contribution in [0, 0.1) is 6.92 Å². The zero-order valence-corrected chi connectivity index (χ0v) is 12.2. The standard InChI is InChI=1S/C14H18F3N3O2/c1-10-11(2-3-12(18-10)14(15,16)17)13(22)20-6-4-19(5-7-20)8-9-21/h2-3,21H,4-9H2,1H3. The minimum atomic E-state index is -4.51. The van der Waals surface area contributed by atoms with E-state index in [0.717, 1.165) is 6.07 Å². The van der Waals surface area contributed by atoms with Gasteiger partial charge in [0, 0.05) is 32.7 Å². The third-order valence-electron chi connectivity index (χ3n) is 3.68. The average Bonchev–Trinajstić information content (AvgIpc) is 2.46. The number of β-amino-alcohol motifs (C(OH)–C–C–N with tert-alkyl or cyclic N) is 1. The molecule has 2 heterocycles. The van der Waals surface area contributed by atoms with Gasteiger partial charge < -0.3 is 10.0 Å². The normalized spacial score (nSPS) is 16.9. The van der Waals surface area contributed by atoms with Gasteiger partial charge in [-0.3, -0.25) is 9.69 Å². The number of aliphatic hydroxyl groups is 1. The van der Waals surface area contributed by atoms with Gasteiger partial charge >= 0.3 is 6.18 Å². The van der Waals surface area contributed by atoms with Gasteiger partial charge in [-0.25, -0.2) is 4.98 Å². The largest absolute Gasteiger partial charge is 0.433 e. The topological polar surface area (TPSA) is 56.7 Å². The number of hydrogen-bond acceptors (Lipinski definition) is 4. The van der Waals surface area contributed by atoms with E-state index >= 15 is 0 Å². The van der Waals surface area contributed by atoms with Gasteiger partial charge in [0.1, 0.15) is 5.69 Å². The molecule has 1 saturated heterocycles. The Hall–Kier alpha value is -1.67. The highest BCUT2D eigenvalue weighted by atomic mass is 19.4. The number of carbonyl (C=O) groups is 1. The molecular weight excluding hydrogens is 299 g/mol. The Bertz CT molecular complexity index is 541. The van der Waals surface area contributed by atoms with E-state index in [1.165, 1.54) is 13.0 Å². The second-order valence-corrected chi connectivity index (χ2v) is 5.18. The van der Waals surface area contributed by atoms with Crippen molar-refractivity contribution < 1.29 is 23.1 Å². The predicted molar refractivity (Wildman–Crippen MR) is 73.4 cm³/mol. The Morgan fingerprint density at radius 2 is 1.91 bits per heavy atom. The summed E-state index contributed by atoms with van der Waals surface area (Å²) in [5.41, 5.74) is -0.712. The number of halogens is 3. The number of aryl methyl sites for hydroxylation is 1. The predicted octanol–water partition coefficient (Wildman–Crippen LogP) is 1.16. The van der Waals surface area contributed by atoms with E-state index in [-0.39, 0.29) is 23.8 Å². The molecule has 1 amide bonds. The molecule has 0 unspecified atom stereocenters. The van der Waals surface area contributed by atoms with Crippen LogP contribution in [0.15, 0.2) is 12.1 Å². The number of aromatic nitrogens is 1. The number of piperazine rings is 1. The van der Waals surface area contributed by atoms with Gasteiger partial charge in [0.15, 0.2) is 0 Å². The van der Waals surface area contributed by atoms with E-state index < -0.39 is 11.9 Å². The lowest BCUT2D eigenvalue weighted by atomic mass is 10.1. The molecule has 8 heteroatoms. The first-order chi connectivity index (χ1) is 10.3. The Morgan fingerprint density at radius 3 is 2.41 bits per heavy atom. The van der Waals surface area contributed by atoms with Crippen LogP contribution in [0.4, 0.5) is 13.2 Å². The number of pyridine rings is 1. The molecular formula is C14H18F3N3O2. The smallest absolute Gasteiger partial charge is 0.395 e. The van der Waals surface area contributed by atoms with Gasteiger partial charge in [0.25, 0.3) is 5.91 Å². The molecule has 1 aliphatic rings. The van der Waals surface area contributed by atoms with E-state index in [9.17, 15) is 18.0 Å². The number of rotatable bonds is 3. The molecule has 1 aliphatic heterocycles. The molecule has 0 radical (unpaired) electrons. The molecule has 0 aliphatic carbocycles. The lowest BCUT2D eigenvalue weighted by Crippen LogP contribution is -2.49. The van der Waals surface area contributed by atoms with Gasteiger partial charge in [-0.05, 0) is 19.1 Å². The first-order valence-electron chi connectivity index (χ1n) is 7.00. The van der Waals surface area contributed by atoms with Gasteiger partial charge in [-0.1, -0.05) is 0 Å². The highest BCUT2D eigenvalue weighted by molar-refractivity contribution is 5.95. The van der Waals surface area contributed by atoms with Crippen molar-refractivity contribution >= 4 is 5.91 Å². The second kappa shape index (κ2) is 6.62. The molecule has 0 bridgehead atoms. The number of nitrogens with zero attached hydrogens (tertiary/aromatic N) is 3. The number of hydrogen-bond donors (Lipinski definition) is 1. The van der Waals surface area contributed by atoms with Crippen molar-refractivity contribution in [2.24, 2.45) is 0 Å². The Labute approximate surface area is 126 Å². The molecule has 1 fully saturated rings. The summed E-state index contributed by atoms with van der Waals surface area (Å²) in [6.45, 7) is 4.28. The summed E-state index contributed by atoms with van der Waals surface area (Å²) in [5, 5.41) is 8.88. The van der Waals surface area contributed by atoms with Crippen molar-refractivity contribution in [1.29, 1.82) is 0 Å². The Balaban J connectivity index is 2.08. The van der Waals surface area contributed by atoms with Gasteiger partial charge in [-0.15, -0.1) is 0 Å². The van der Waals surface area contributed by atoms with Crippen LogP contribution < -0.4 is 0 Å². The van der Waals surface area contributed by atoms with Crippen molar-refractivity contribution in [2.45, 2.75) is 13.1 Å². The molecule has 0 atom stereocenters. The first-order valence-corrected chi connectivity index (χ1v) is 7.00. The monoisotopic (exact) mass is 317 g/mol. The summed E-state index contributed by atoms with van der Waals surface area (Å²) < 4.78 is 37.8. The molecule has 5 nitrogen and oxygen atoms in total. The molecule has 22 heavy (non-hydrogen) atoms. The summed E-state index contributed by atoms with van der Waals surface area (Å²) in [4.78, 5) is 19.5. The zero-order chi connectivity index (χ0) is 16.3. The van der Waals surface area contributed by atoms with E-state index in [1.807, 2.05) is 4.90 Å². The minimum Gasteiger partial charge on any atom is -0.395 e. The number of aliphatic hydroxyl groups excluding tert-OH is 1. The lowest BCUT2D eigenvalue weighted by molar-refractivity contribution is -0.141. The fourth-order valence-corrected chi connectivity index (χ4v) is 2.43. The SMILES string of the molecule is Cc1nc(C(F)(F)F)ccc1C(=O)N1CCN(CCO)CC1. The van der Waals surface area contributed by atoms with Crippen LogP contribution in [0.3, 0.4) is 0 Å². The third kappa shape index (κ3) is 3.75. The lowest BCUT2D eigenvalue weighted by Gasteiger charge is -2.34.